The number of halogens is 2. The van der Waals surface area contributed by atoms with Crippen molar-refractivity contribution < 1.29 is 0 Å². The summed E-state index contributed by atoms with van der Waals surface area (Å²) in [4.78, 5) is 0. The highest BCUT2D eigenvalue weighted by Crippen LogP contribution is 2.45. The summed E-state index contributed by atoms with van der Waals surface area (Å²) >= 11 is 9.60. The number of hydrogen-bond donors (Lipinski definition) is 1. The fourth-order valence-electron chi connectivity index (χ4n) is 1.79. The Labute approximate surface area is 94.8 Å². The zero-order valence-electron chi connectivity index (χ0n) is 7.35. The van der Waals surface area contributed by atoms with Gasteiger partial charge in [0.1, 0.15) is 0 Å². The highest BCUT2D eigenvalue weighted by Gasteiger charge is 2.27. The number of benzene rings is 1. The van der Waals surface area contributed by atoms with Crippen molar-refractivity contribution in [3.8, 4) is 0 Å². The van der Waals surface area contributed by atoms with E-state index in [4.69, 9.17) is 11.6 Å². The minimum atomic E-state index is 0.684. The molecule has 0 atom stereocenters. The molecule has 1 aromatic carbocycles. The van der Waals surface area contributed by atoms with Gasteiger partial charge in [0.15, 0.2) is 0 Å². The highest BCUT2D eigenvalue weighted by atomic mass is 79.9. The van der Waals surface area contributed by atoms with Gasteiger partial charge < -0.3 is 0 Å². The number of nitrogens with one attached hydrogen (secondary N) is 1. The average molecular weight is 272 g/mol. The molecule has 0 bridgehead atoms. The van der Waals surface area contributed by atoms with Gasteiger partial charge in [-0.3, -0.25) is 5.10 Å². The van der Waals surface area contributed by atoms with Crippen LogP contribution in [0.1, 0.15) is 24.3 Å². The maximum atomic E-state index is 6.13. The van der Waals surface area contributed by atoms with E-state index in [0.717, 1.165) is 20.4 Å². The summed E-state index contributed by atoms with van der Waals surface area (Å²) < 4.78 is 0.937. The van der Waals surface area contributed by atoms with E-state index in [2.05, 4.69) is 26.1 Å². The van der Waals surface area contributed by atoms with E-state index in [-0.39, 0.29) is 0 Å². The highest BCUT2D eigenvalue weighted by molar-refractivity contribution is 9.10. The zero-order valence-corrected chi connectivity index (χ0v) is 9.69. The molecule has 3 rings (SSSR count). The lowest BCUT2D eigenvalue weighted by molar-refractivity contribution is 1.08. The van der Waals surface area contributed by atoms with Crippen LogP contribution in [-0.2, 0) is 0 Å². The van der Waals surface area contributed by atoms with E-state index >= 15 is 0 Å². The van der Waals surface area contributed by atoms with Gasteiger partial charge in [0.2, 0.25) is 0 Å². The third-order valence-electron chi connectivity index (χ3n) is 2.67. The lowest BCUT2D eigenvalue weighted by Crippen LogP contribution is -1.84. The minimum absolute atomic E-state index is 0.684. The second kappa shape index (κ2) is 2.97. The summed E-state index contributed by atoms with van der Waals surface area (Å²) in [5.74, 6) is 0.684. The molecule has 1 aliphatic rings. The Hall–Kier alpha value is -0.540. The van der Waals surface area contributed by atoms with Crippen molar-refractivity contribution in [3.63, 3.8) is 0 Å². The Balaban J connectivity index is 2.38. The second-order valence-corrected chi connectivity index (χ2v) is 4.89. The van der Waals surface area contributed by atoms with Gasteiger partial charge in [0.05, 0.1) is 16.7 Å². The first kappa shape index (κ1) is 8.74. The van der Waals surface area contributed by atoms with Crippen LogP contribution in [0.25, 0.3) is 10.9 Å². The summed E-state index contributed by atoms with van der Waals surface area (Å²) in [6, 6.07) is 2.05. The van der Waals surface area contributed by atoms with E-state index in [1.54, 1.807) is 0 Å². The summed E-state index contributed by atoms with van der Waals surface area (Å²) in [6.45, 7) is 0. The van der Waals surface area contributed by atoms with Crippen LogP contribution in [-0.4, -0.2) is 10.2 Å². The molecule has 1 fully saturated rings. The minimum Gasteiger partial charge on any atom is -0.277 e. The Morgan fingerprint density at radius 1 is 1.50 bits per heavy atom. The SMILES string of the molecule is Clc1cc(C2CC2)c2[nH]ncc2c1Br. The van der Waals surface area contributed by atoms with Gasteiger partial charge in [-0.15, -0.1) is 0 Å². The molecule has 0 radical (unpaired) electrons. The fraction of sp³-hybridized carbons (Fsp3) is 0.300. The predicted molar refractivity (Wildman–Crippen MR) is 60.8 cm³/mol. The molecular formula is C10H8BrClN2. The summed E-state index contributed by atoms with van der Waals surface area (Å²) in [7, 11) is 0. The van der Waals surface area contributed by atoms with Gasteiger partial charge in [0.25, 0.3) is 0 Å². The van der Waals surface area contributed by atoms with Crippen molar-refractivity contribution in [1.29, 1.82) is 0 Å². The van der Waals surface area contributed by atoms with Crippen LogP contribution in [0.2, 0.25) is 5.02 Å². The topological polar surface area (TPSA) is 28.7 Å². The molecule has 72 valence electrons. The Morgan fingerprint density at radius 2 is 2.29 bits per heavy atom. The maximum Gasteiger partial charge on any atom is 0.0697 e. The molecule has 1 aliphatic carbocycles. The normalized spacial score (nSPS) is 16.4. The molecule has 0 amide bonds. The van der Waals surface area contributed by atoms with Crippen molar-refractivity contribution >= 4 is 38.4 Å². The van der Waals surface area contributed by atoms with E-state index in [9.17, 15) is 0 Å². The molecule has 0 saturated heterocycles. The lowest BCUT2D eigenvalue weighted by Gasteiger charge is -2.04. The van der Waals surface area contributed by atoms with Gasteiger partial charge in [-0.2, -0.15) is 5.10 Å². The molecular weight excluding hydrogens is 263 g/mol. The first-order valence-corrected chi connectivity index (χ1v) is 5.75. The van der Waals surface area contributed by atoms with Crippen molar-refractivity contribution in [2.45, 2.75) is 18.8 Å². The van der Waals surface area contributed by atoms with Gasteiger partial charge in [0, 0.05) is 9.86 Å². The van der Waals surface area contributed by atoms with Gasteiger partial charge in [-0.25, -0.2) is 0 Å². The van der Waals surface area contributed by atoms with E-state index in [0.29, 0.717) is 5.92 Å². The van der Waals surface area contributed by atoms with Gasteiger partial charge in [-0.1, -0.05) is 11.6 Å². The predicted octanol–water partition coefficient (Wildman–Crippen LogP) is 3.86. The fourth-order valence-corrected chi connectivity index (χ4v) is 2.42. The molecule has 4 heteroatoms. The smallest absolute Gasteiger partial charge is 0.0697 e. The quantitative estimate of drug-likeness (QED) is 0.838. The molecule has 2 aromatic rings. The maximum absolute atomic E-state index is 6.13. The number of rotatable bonds is 1. The Bertz CT molecular complexity index is 502. The van der Waals surface area contributed by atoms with Crippen LogP contribution in [0.15, 0.2) is 16.7 Å². The van der Waals surface area contributed by atoms with Crippen molar-refractivity contribution in [1.82, 2.24) is 10.2 Å². The van der Waals surface area contributed by atoms with Crippen LogP contribution < -0.4 is 0 Å². The molecule has 0 spiro atoms. The van der Waals surface area contributed by atoms with Crippen molar-refractivity contribution in [2.75, 3.05) is 0 Å². The summed E-state index contributed by atoms with van der Waals surface area (Å²) in [6.07, 6.45) is 4.36. The van der Waals surface area contributed by atoms with Crippen LogP contribution in [0.5, 0.6) is 0 Å². The van der Waals surface area contributed by atoms with E-state index in [1.165, 1.54) is 18.4 Å². The lowest BCUT2D eigenvalue weighted by atomic mass is 10.1. The van der Waals surface area contributed by atoms with Crippen molar-refractivity contribution in [2.24, 2.45) is 0 Å². The number of H-pyrrole nitrogens is 1. The molecule has 2 nitrogen and oxygen atoms in total. The third kappa shape index (κ3) is 1.19. The standard InChI is InChI=1S/C10H8BrClN2/c11-9-7-4-13-14-10(7)6(3-8(9)12)5-1-2-5/h3-5H,1-2H2,(H,13,14). The van der Waals surface area contributed by atoms with Crippen LogP contribution in [0, 0.1) is 0 Å². The Kier molecular flexibility index (Phi) is 1.86. The van der Waals surface area contributed by atoms with E-state index < -0.39 is 0 Å². The van der Waals surface area contributed by atoms with Crippen molar-refractivity contribution in [3.05, 3.63) is 27.3 Å². The molecule has 0 unspecified atom stereocenters. The number of aromatic amines is 1. The molecule has 14 heavy (non-hydrogen) atoms. The van der Waals surface area contributed by atoms with Gasteiger partial charge >= 0.3 is 0 Å². The van der Waals surface area contributed by atoms with Gasteiger partial charge in [-0.05, 0) is 46.3 Å². The summed E-state index contributed by atoms with van der Waals surface area (Å²) in [5, 5.41) is 8.96. The average Bonchev–Trinajstić information content (AvgIpc) is 2.89. The first-order valence-electron chi connectivity index (χ1n) is 4.58. The number of nitrogens with zero attached hydrogens (tertiary/aromatic N) is 1. The zero-order chi connectivity index (χ0) is 9.71. The third-order valence-corrected chi connectivity index (χ3v) is 4.05. The first-order chi connectivity index (χ1) is 6.77. The van der Waals surface area contributed by atoms with Crippen LogP contribution in [0.3, 0.4) is 0 Å². The van der Waals surface area contributed by atoms with E-state index in [1.807, 2.05) is 12.3 Å². The monoisotopic (exact) mass is 270 g/mol. The largest absolute Gasteiger partial charge is 0.277 e. The Morgan fingerprint density at radius 3 is 3.00 bits per heavy atom. The number of aromatic nitrogens is 2. The number of hydrogen-bond acceptors (Lipinski definition) is 1. The molecule has 1 heterocycles. The molecule has 1 aromatic heterocycles. The molecule has 1 saturated carbocycles. The number of fused-ring (bicyclic) bond motifs is 1. The summed E-state index contributed by atoms with van der Waals surface area (Å²) in [5.41, 5.74) is 2.44. The van der Waals surface area contributed by atoms with Crippen LogP contribution in [0.4, 0.5) is 0 Å². The van der Waals surface area contributed by atoms with Crippen LogP contribution >= 0.6 is 27.5 Å². The molecule has 1 N–H and O–H groups in total. The second-order valence-electron chi connectivity index (χ2n) is 3.69. The molecule has 0 aliphatic heterocycles.